The number of rotatable bonds is 4. The van der Waals surface area contributed by atoms with Crippen LogP contribution in [0.1, 0.15) is 18.2 Å². The molecule has 1 atom stereocenters. The third-order valence-corrected chi connectivity index (χ3v) is 4.03. The molecule has 0 bridgehead atoms. The summed E-state index contributed by atoms with van der Waals surface area (Å²) in [5, 5.41) is 2.53. The molecular weight excluding hydrogens is 246 g/mol. The monoisotopic (exact) mass is 265 g/mol. The Hall–Kier alpha value is -2.06. The second kappa shape index (κ2) is 5.14. The van der Waals surface area contributed by atoms with Crippen molar-refractivity contribution in [3.05, 3.63) is 72.2 Å². The first kappa shape index (κ1) is 12.9. The van der Waals surface area contributed by atoms with Gasteiger partial charge in [-0.1, -0.05) is 49.4 Å². The zero-order chi connectivity index (χ0) is 14.0. The molecule has 0 aliphatic carbocycles. The molecule has 0 saturated carbocycles. The summed E-state index contributed by atoms with van der Waals surface area (Å²) < 4.78 is 5.51. The average molecular weight is 265 g/mol. The van der Waals surface area contributed by atoms with E-state index in [1.807, 2.05) is 12.1 Å². The van der Waals surface area contributed by atoms with Gasteiger partial charge in [0.05, 0.1) is 6.26 Å². The van der Waals surface area contributed by atoms with Crippen molar-refractivity contribution in [3.63, 3.8) is 0 Å². The lowest BCUT2D eigenvalue weighted by atomic mass is 9.76. The maximum absolute atomic E-state index is 6.11. The highest BCUT2D eigenvalue weighted by atomic mass is 16.3. The Morgan fingerprint density at radius 2 is 1.80 bits per heavy atom. The fourth-order valence-corrected chi connectivity index (χ4v) is 2.83. The van der Waals surface area contributed by atoms with E-state index < -0.39 is 0 Å². The van der Waals surface area contributed by atoms with Gasteiger partial charge in [-0.25, -0.2) is 0 Å². The van der Waals surface area contributed by atoms with Crippen molar-refractivity contribution in [2.24, 2.45) is 5.73 Å². The highest BCUT2D eigenvalue weighted by Gasteiger charge is 2.28. The van der Waals surface area contributed by atoms with Crippen molar-refractivity contribution >= 4 is 10.8 Å². The van der Waals surface area contributed by atoms with Crippen LogP contribution in [0.25, 0.3) is 10.8 Å². The molecule has 2 N–H and O–H groups in total. The van der Waals surface area contributed by atoms with Crippen LogP contribution in [0.15, 0.2) is 65.3 Å². The van der Waals surface area contributed by atoms with Crippen molar-refractivity contribution in [2.45, 2.75) is 18.8 Å². The number of furan rings is 1. The fraction of sp³-hybridized carbons (Fsp3) is 0.222. The van der Waals surface area contributed by atoms with Gasteiger partial charge in [-0.05, 0) is 28.5 Å². The maximum atomic E-state index is 6.11. The molecule has 0 radical (unpaired) electrons. The summed E-state index contributed by atoms with van der Waals surface area (Å²) in [5.41, 5.74) is 7.27. The van der Waals surface area contributed by atoms with Gasteiger partial charge in [-0.15, -0.1) is 0 Å². The molecule has 1 unspecified atom stereocenters. The molecule has 2 aromatic carbocycles. The van der Waals surface area contributed by atoms with Gasteiger partial charge < -0.3 is 10.2 Å². The van der Waals surface area contributed by atoms with Gasteiger partial charge in [0, 0.05) is 18.4 Å². The largest absolute Gasteiger partial charge is 0.469 e. The van der Waals surface area contributed by atoms with E-state index in [4.69, 9.17) is 10.2 Å². The van der Waals surface area contributed by atoms with Crippen molar-refractivity contribution in [1.82, 2.24) is 0 Å². The highest BCUT2D eigenvalue weighted by Crippen LogP contribution is 2.33. The van der Waals surface area contributed by atoms with Gasteiger partial charge >= 0.3 is 0 Å². The van der Waals surface area contributed by atoms with E-state index in [1.165, 1.54) is 16.3 Å². The predicted octanol–water partition coefficient (Wildman–Crippen LogP) is 3.89. The number of benzene rings is 2. The molecule has 0 aliphatic rings. The average Bonchev–Trinajstić information content (AvgIpc) is 2.99. The SMILES string of the molecule is CC(CN)(Cc1ccco1)c1cccc2ccccc12. The number of hydrogen-bond donors (Lipinski definition) is 1. The highest BCUT2D eigenvalue weighted by molar-refractivity contribution is 5.86. The molecule has 2 nitrogen and oxygen atoms in total. The molecular formula is C18H19NO. The lowest BCUT2D eigenvalue weighted by Gasteiger charge is -2.29. The lowest BCUT2D eigenvalue weighted by Crippen LogP contribution is -2.34. The third kappa shape index (κ3) is 2.23. The zero-order valence-electron chi connectivity index (χ0n) is 11.7. The van der Waals surface area contributed by atoms with E-state index in [0.29, 0.717) is 6.54 Å². The van der Waals surface area contributed by atoms with Crippen molar-refractivity contribution < 1.29 is 4.42 Å². The molecule has 0 saturated heterocycles. The van der Waals surface area contributed by atoms with Crippen LogP contribution in [0.4, 0.5) is 0 Å². The summed E-state index contributed by atoms with van der Waals surface area (Å²) in [6.07, 6.45) is 2.53. The molecule has 102 valence electrons. The van der Waals surface area contributed by atoms with Gasteiger partial charge in [-0.2, -0.15) is 0 Å². The summed E-state index contributed by atoms with van der Waals surface area (Å²) in [7, 11) is 0. The van der Waals surface area contributed by atoms with Gasteiger partial charge in [-0.3, -0.25) is 0 Å². The van der Waals surface area contributed by atoms with E-state index in [2.05, 4.69) is 49.4 Å². The molecule has 3 rings (SSSR count). The van der Waals surface area contributed by atoms with E-state index in [-0.39, 0.29) is 5.41 Å². The molecule has 0 amide bonds. The van der Waals surface area contributed by atoms with E-state index in [1.54, 1.807) is 6.26 Å². The Morgan fingerprint density at radius 1 is 1.00 bits per heavy atom. The van der Waals surface area contributed by atoms with Crippen LogP contribution < -0.4 is 5.73 Å². The van der Waals surface area contributed by atoms with Crippen molar-refractivity contribution in [3.8, 4) is 0 Å². The summed E-state index contributed by atoms with van der Waals surface area (Å²) in [6.45, 7) is 2.79. The van der Waals surface area contributed by atoms with Crippen LogP contribution >= 0.6 is 0 Å². The van der Waals surface area contributed by atoms with Gasteiger partial charge in [0.2, 0.25) is 0 Å². The number of fused-ring (bicyclic) bond motifs is 1. The molecule has 0 fully saturated rings. The maximum Gasteiger partial charge on any atom is 0.104 e. The van der Waals surface area contributed by atoms with Crippen LogP contribution in [0.3, 0.4) is 0 Å². The molecule has 1 heterocycles. The molecule has 1 aromatic heterocycles. The predicted molar refractivity (Wildman–Crippen MR) is 82.8 cm³/mol. The van der Waals surface area contributed by atoms with Crippen LogP contribution in [-0.4, -0.2) is 6.54 Å². The Kier molecular flexibility index (Phi) is 3.33. The third-order valence-electron chi connectivity index (χ3n) is 4.03. The van der Waals surface area contributed by atoms with E-state index >= 15 is 0 Å². The fourth-order valence-electron chi connectivity index (χ4n) is 2.83. The number of nitrogens with two attached hydrogens (primary N) is 1. The van der Waals surface area contributed by atoms with Crippen LogP contribution in [0, 0.1) is 0 Å². The van der Waals surface area contributed by atoms with Crippen molar-refractivity contribution in [2.75, 3.05) is 6.54 Å². The Balaban J connectivity index is 2.11. The standard InChI is InChI=1S/C18H19NO/c1-18(13-19,12-15-8-5-11-20-15)17-10-4-7-14-6-2-3-9-16(14)17/h2-11H,12-13,19H2,1H3. The second-order valence-electron chi connectivity index (χ2n) is 5.55. The van der Waals surface area contributed by atoms with E-state index in [0.717, 1.165) is 12.2 Å². The molecule has 3 aromatic rings. The van der Waals surface area contributed by atoms with E-state index in [9.17, 15) is 0 Å². The summed E-state index contributed by atoms with van der Waals surface area (Å²) in [6, 6.07) is 18.8. The minimum atomic E-state index is -0.126. The quantitative estimate of drug-likeness (QED) is 0.777. The first-order valence-electron chi connectivity index (χ1n) is 6.94. The zero-order valence-corrected chi connectivity index (χ0v) is 11.7. The molecule has 0 aliphatic heterocycles. The van der Waals surface area contributed by atoms with Crippen LogP contribution in [0.5, 0.6) is 0 Å². The minimum absolute atomic E-state index is 0.126. The lowest BCUT2D eigenvalue weighted by molar-refractivity contribution is 0.414. The molecule has 20 heavy (non-hydrogen) atoms. The second-order valence-corrected chi connectivity index (χ2v) is 5.55. The van der Waals surface area contributed by atoms with Gasteiger partial charge in [0.1, 0.15) is 5.76 Å². The first-order valence-corrected chi connectivity index (χ1v) is 6.94. The van der Waals surface area contributed by atoms with Crippen LogP contribution in [0.2, 0.25) is 0 Å². The number of hydrogen-bond acceptors (Lipinski definition) is 2. The first-order chi connectivity index (χ1) is 9.73. The minimum Gasteiger partial charge on any atom is -0.469 e. The normalized spacial score (nSPS) is 14.3. The van der Waals surface area contributed by atoms with Gasteiger partial charge in [0.15, 0.2) is 0 Å². The Labute approximate surface area is 119 Å². The molecule has 0 spiro atoms. The van der Waals surface area contributed by atoms with Gasteiger partial charge in [0.25, 0.3) is 0 Å². The summed E-state index contributed by atoms with van der Waals surface area (Å²) >= 11 is 0. The van der Waals surface area contributed by atoms with Crippen LogP contribution in [-0.2, 0) is 11.8 Å². The topological polar surface area (TPSA) is 39.2 Å². The van der Waals surface area contributed by atoms with Crippen molar-refractivity contribution in [1.29, 1.82) is 0 Å². The Morgan fingerprint density at radius 3 is 2.55 bits per heavy atom. The summed E-state index contributed by atoms with van der Waals surface area (Å²) in [5.74, 6) is 0.978. The summed E-state index contributed by atoms with van der Waals surface area (Å²) in [4.78, 5) is 0. The molecule has 2 heteroatoms. The Bertz CT molecular complexity index is 697. The smallest absolute Gasteiger partial charge is 0.104 e.